The summed E-state index contributed by atoms with van der Waals surface area (Å²) in [6.07, 6.45) is 4.99. The number of nitrogen functional groups attached to an aromatic ring is 1. The lowest BCUT2D eigenvalue weighted by Crippen LogP contribution is -2.29. The zero-order valence-corrected chi connectivity index (χ0v) is 21.2. The number of methoxy groups -OCH3 is 1. The fourth-order valence-corrected chi connectivity index (χ4v) is 3.88. The van der Waals surface area contributed by atoms with Crippen molar-refractivity contribution in [2.45, 2.75) is 26.8 Å². The van der Waals surface area contributed by atoms with Crippen LogP contribution in [0.3, 0.4) is 0 Å². The van der Waals surface area contributed by atoms with E-state index >= 15 is 0 Å². The number of hydrogen-bond acceptors (Lipinski definition) is 7. The number of nitrogens with one attached hydrogen (secondary N) is 1. The SMILES string of the molecule is CC#CC(=O)N(C)C(C)c1nc(-c2ccc(C(=O)Nc3ccc(C)cn3)c(OC)c2)c2c(N)nccn12. The Hall–Kier alpha value is -4.91. The smallest absolute Gasteiger partial charge is 0.298 e. The lowest BCUT2D eigenvalue weighted by atomic mass is 10.1. The maximum Gasteiger partial charge on any atom is 0.298 e. The van der Waals surface area contributed by atoms with Gasteiger partial charge in [-0.2, -0.15) is 0 Å². The van der Waals surface area contributed by atoms with Crippen molar-refractivity contribution in [1.29, 1.82) is 0 Å². The van der Waals surface area contributed by atoms with Crippen LogP contribution in [0.1, 0.15) is 41.6 Å². The van der Waals surface area contributed by atoms with E-state index in [-0.39, 0.29) is 17.6 Å². The zero-order chi connectivity index (χ0) is 26.7. The molecule has 1 atom stereocenters. The molecular formula is C27H27N7O3. The lowest BCUT2D eigenvalue weighted by molar-refractivity contribution is -0.125. The van der Waals surface area contributed by atoms with Crippen LogP contribution in [-0.4, -0.2) is 50.2 Å². The van der Waals surface area contributed by atoms with Gasteiger partial charge >= 0.3 is 0 Å². The molecule has 188 valence electrons. The number of anilines is 2. The summed E-state index contributed by atoms with van der Waals surface area (Å²) in [6, 6.07) is 8.33. The number of nitrogens with zero attached hydrogens (tertiary/aromatic N) is 5. The van der Waals surface area contributed by atoms with Crippen LogP contribution in [0, 0.1) is 18.8 Å². The summed E-state index contributed by atoms with van der Waals surface area (Å²) in [6.45, 7) is 5.39. The van der Waals surface area contributed by atoms with Crippen molar-refractivity contribution in [2.24, 2.45) is 0 Å². The molecule has 0 aliphatic carbocycles. The molecule has 10 heteroatoms. The average Bonchev–Trinajstić information content (AvgIpc) is 3.30. The van der Waals surface area contributed by atoms with Gasteiger partial charge in [0.1, 0.15) is 34.4 Å². The molecule has 0 fully saturated rings. The molecule has 0 saturated heterocycles. The number of benzene rings is 1. The molecule has 10 nitrogen and oxygen atoms in total. The van der Waals surface area contributed by atoms with Crippen molar-refractivity contribution < 1.29 is 14.3 Å². The molecule has 4 aromatic rings. The van der Waals surface area contributed by atoms with Crippen molar-refractivity contribution in [1.82, 2.24) is 24.3 Å². The fraction of sp³-hybridized carbons (Fsp3) is 0.222. The van der Waals surface area contributed by atoms with Crippen molar-refractivity contribution in [2.75, 3.05) is 25.2 Å². The average molecular weight is 498 g/mol. The van der Waals surface area contributed by atoms with E-state index in [1.54, 1.807) is 56.8 Å². The minimum absolute atomic E-state index is 0.275. The Morgan fingerprint density at radius 2 is 2.00 bits per heavy atom. The van der Waals surface area contributed by atoms with E-state index in [1.807, 2.05) is 24.3 Å². The maximum absolute atomic E-state index is 12.9. The molecule has 0 aliphatic rings. The molecule has 37 heavy (non-hydrogen) atoms. The Labute approximate surface area is 214 Å². The van der Waals surface area contributed by atoms with Crippen molar-refractivity contribution in [3.05, 3.63) is 65.9 Å². The standard InChI is InChI=1S/C27H27N7O3/c1-6-7-22(35)33(4)17(3)26-32-23(24-25(28)29-12-13-34(24)26)18-9-10-19(20(14-18)37-5)27(36)31-21-11-8-16(2)15-30-21/h8-15,17H,1-5H3,(H2,28,29)(H,30,31,36). The normalized spacial score (nSPS) is 11.4. The van der Waals surface area contributed by atoms with Crippen LogP contribution >= 0.6 is 0 Å². The number of nitrogens with two attached hydrogens (primary N) is 1. The number of carbonyl (C=O) groups is 2. The quantitative estimate of drug-likeness (QED) is 0.390. The van der Waals surface area contributed by atoms with Gasteiger partial charge in [-0.25, -0.2) is 15.0 Å². The van der Waals surface area contributed by atoms with Gasteiger partial charge in [0.05, 0.1) is 18.7 Å². The van der Waals surface area contributed by atoms with Crippen molar-refractivity contribution >= 4 is 29.0 Å². The first kappa shape index (κ1) is 25.2. The Balaban J connectivity index is 1.76. The molecule has 0 radical (unpaired) electrons. The number of ether oxygens (including phenoxy) is 1. The highest BCUT2D eigenvalue weighted by Crippen LogP contribution is 2.34. The third-order valence-corrected chi connectivity index (χ3v) is 5.99. The number of amides is 2. The highest BCUT2D eigenvalue weighted by atomic mass is 16.5. The summed E-state index contributed by atoms with van der Waals surface area (Å²) in [7, 11) is 3.16. The summed E-state index contributed by atoms with van der Waals surface area (Å²) in [5, 5.41) is 2.78. The maximum atomic E-state index is 12.9. The third kappa shape index (κ3) is 4.92. The van der Waals surface area contributed by atoms with Gasteiger partial charge in [0, 0.05) is 31.2 Å². The van der Waals surface area contributed by atoms with Gasteiger partial charge in [0.15, 0.2) is 0 Å². The first-order valence-corrected chi connectivity index (χ1v) is 11.5. The van der Waals surface area contributed by atoms with Crippen LogP contribution in [-0.2, 0) is 4.79 Å². The predicted octanol–water partition coefficient (Wildman–Crippen LogP) is 3.49. The van der Waals surface area contributed by atoms with E-state index in [0.29, 0.717) is 39.7 Å². The van der Waals surface area contributed by atoms with Crippen LogP contribution in [0.2, 0.25) is 0 Å². The number of aromatic nitrogens is 4. The Bertz CT molecular complexity index is 1550. The third-order valence-electron chi connectivity index (χ3n) is 5.99. The van der Waals surface area contributed by atoms with Crippen LogP contribution in [0.5, 0.6) is 5.75 Å². The van der Waals surface area contributed by atoms with Gasteiger partial charge in [-0.05, 0) is 50.5 Å². The molecule has 3 N–H and O–H groups in total. The van der Waals surface area contributed by atoms with Crippen LogP contribution in [0.4, 0.5) is 11.6 Å². The van der Waals surface area contributed by atoms with Gasteiger partial charge in [0.2, 0.25) is 0 Å². The monoisotopic (exact) mass is 497 g/mol. The Kier molecular flexibility index (Phi) is 7.06. The van der Waals surface area contributed by atoms with Crippen LogP contribution in [0.15, 0.2) is 48.9 Å². The molecule has 3 heterocycles. The zero-order valence-electron chi connectivity index (χ0n) is 21.2. The number of rotatable bonds is 6. The summed E-state index contributed by atoms with van der Waals surface area (Å²) in [4.78, 5) is 40.1. The molecule has 0 saturated carbocycles. The van der Waals surface area contributed by atoms with E-state index in [2.05, 4.69) is 27.1 Å². The Morgan fingerprint density at radius 3 is 2.68 bits per heavy atom. The van der Waals surface area contributed by atoms with Gasteiger partial charge in [-0.3, -0.25) is 14.0 Å². The van der Waals surface area contributed by atoms with E-state index in [4.69, 9.17) is 15.5 Å². The van der Waals surface area contributed by atoms with Crippen LogP contribution in [0.25, 0.3) is 16.8 Å². The number of imidazole rings is 1. The number of hydrogen-bond donors (Lipinski definition) is 2. The lowest BCUT2D eigenvalue weighted by Gasteiger charge is -2.21. The summed E-state index contributed by atoms with van der Waals surface area (Å²) >= 11 is 0. The predicted molar refractivity (Wildman–Crippen MR) is 141 cm³/mol. The first-order chi connectivity index (χ1) is 17.7. The minimum Gasteiger partial charge on any atom is -0.496 e. The molecule has 0 bridgehead atoms. The molecule has 1 aromatic carbocycles. The number of pyridine rings is 1. The van der Waals surface area contributed by atoms with E-state index in [1.165, 1.54) is 12.0 Å². The topological polar surface area (TPSA) is 128 Å². The first-order valence-electron chi connectivity index (χ1n) is 11.5. The number of aryl methyl sites for hydroxylation is 1. The molecule has 3 aromatic heterocycles. The van der Waals surface area contributed by atoms with Gasteiger partial charge in [0.25, 0.3) is 11.8 Å². The van der Waals surface area contributed by atoms with Gasteiger partial charge < -0.3 is 20.7 Å². The van der Waals surface area contributed by atoms with E-state index in [9.17, 15) is 9.59 Å². The molecule has 1 unspecified atom stereocenters. The largest absolute Gasteiger partial charge is 0.496 e. The molecule has 4 rings (SSSR count). The second-order valence-corrected chi connectivity index (χ2v) is 8.41. The fourth-order valence-electron chi connectivity index (χ4n) is 3.88. The molecule has 0 aliphatic heterocycles. The van der Waals surface area contributed by atoms with E-state index in [0.717, 1.165) is 5.56 Å². The van der Waals surface area contributed by atoms with Crippen LogP contribution < -0.4 is 15.8 Å². The van der Waals surface area contributed by atoms with Gasteiger partial charge in [-0.15, -0.1) is 0 Å². The molecule has 0 spiro atoms. The highest BCUT2D eigenvalue weighted by molar-refractivity contribution is 6.06. The summed E-state index contributed by atoms with van der Waals surface area (Å²) in [5.74, 6) is 6.14. The van der Waals surface area contributed by atoms with E-state index < -0.39 is 6.04 Å². The second kappa shape index (κ2) is 10.4. The van der Waals surface area contributed by atoms with Gasteiger partial charge in [-0.1, -0.05) is 18.1 Å². The number of fused-ring (bicyclic) bond motifs is 1. The Morgan fingerprint density at radius 1 is 1.22 bits per heavy atom. The minimum atomic E-state index is -0.412. The second-order valence-electron chi connectivity index (χ2n) is 8.41. The highest BCUT2D eigenvalue weighted by Gasteiger charge is 2.25. The summed E-state index contributed by atoms with van der Waals surface area (Å²) < 4.78 is 7.35. The molecule has 2 amide bonds. The van der Waals surface area contributed by atoms with Crippen molar-refractivity contribution in [3.8, 4) is 28.8 Å². The molecular weight excluding hydrogens is 470 g/mol. The summed E-state index contributed by atoms with van der Waals surface area (Å²) in [5.41, 5.74) is 9.37. The number of carbonyl (C=O) groups excluding carboxylic acids is 2. The van der Waals surface area contributed by atoms with Crippen molar-refractivity contribution in [3.63, 3.8) is 0 Å².